The van der Waals surface area contributed by atoms with Crippen LogP contribution in [0.2, 0.25) is 0 Å². The Morgan fingerprint density at radius 1 is 1.53 bits per heavy atom. The molecule has 1 aromatic heterocycles. The Morgan fingerprint density at radius 3 is 3.00 bits per heavy atom. The van der Waals surface area contributed by atoms with E-state index in [-0.39, 0.29) is 12.5 Å². The van der Waals surface area contributed by atoms with Crippen molar-refractivity contribution >= 4 is 18.1 Å². The monoisotopic (exact) mass is 276 g/mol. The smallest absolute Gasteiger partial charge is 0.240 e. The number of carbonyl (C=O) groups excluding carboxylic acids is 1. The van der Waals surface area contributed by atoms with Crippen LogP contribution in [0.15, 0.2) is 24.3 Å². The number of rotatable bonds is 4. The van der Waals surface area contributed by atoms with Crippen molar-refractivity contribution in [3.8, 4) is 11.4 Å². The molecule has 100 valence electrons. The lowest BCUT2D eigenvalue weighted by molar-refractivity contribution is -0.121. The molecule has 0 bridgehead atoms. The van der Waals surface area contributed by atoms with E-state index in [1.54, 1.807) is 4.57 Å². The number of hydrogen-bond acceptors (Lipinski definition) is 3. The average molecular weight is 276 g/mol. The van der Waals surface area contributed by atoms with E-state index in [4.69, 9.17) is 12.2 Å². The van der Waals surface area contributed by atoms with Crippen LogP contribution in [-0.2, 0) is 11.3 Å². The van der Waals surface area contributed by atoms with Gasteiger partial charge in [0.1, 0.15) is 6.54 Å². The number of amides is 1. The SMILES string of the molecule is CCNC(=O)Cn1c(-c2cccc(C)c2)n[nH]c1=S. The summed E-state index contributed by atoms with van der Waals surface area (Å²) < 4.78 is 2.15. The van der Waals surface area contributed by atoms with Crippen molar-refractivity contribution in [2.75, 3.05) is 6.54 Å². The highest BCUT2D eigenvalue weighted by Gasteiger charge is 2.11. The van der Waals surface area contributed by atoms with E-state index in [1.807, 2.05) is 38.1 Å². The van der Waals surface area contributed by atoms with Crippen LogP contribution in [-0.4, -0.2) is 27.2 Å². The number of benzene rings is 1. The first-order valence-corrected chi connectivity index (χ1v) is 6.51. The summed E-state index contributed by atoms with van der Waals surface area (Å²) in [7, 11) is 0. The molecule has 1 heterocycles. The van der Waals surface area contributed by atoms with Crippen LogP contribution in [0.4, 0.5) is 0 Å². The van der Waals surface area contributed by atoms with Crippen LogP contribution < -0.4 is 5.32 Å². The van der Waals surface area contributed by atoms with Crippen LogP contribution in [0.3, 0.4) is 0 Å². The Kier molecular flexibility index (Phi) is 4.11. The first kappa shape index (κ1) is 13.5. The fourth-order valence-electron chi connectivity index (χ4n) is 1.87. The van der Waals surface area contributed by atoms with Crippen LogP contribution in [0, 0.1) is 11.7 Å². The molecule has 2 rings (SSSR count). The number of aryl methyl sites for hydroxylation is 1. The van der Waals surface area contributed by atoms with Crippen molar-refractivity contribution in [3.63, 3.8) is 0 Å². The van der Waals surface area contributed by atoms with Crippen LogP contribution in [0.25, 0.3) is 11.4 Å². The van der Waals surface area contributed by atoms with E-state index in [0.29, 0.717) is 17.1 Å². The molecule has 1 amide bonds. The average Bonchev–Trinajstić information content (AvgIpc) is 2.71. The van der Waals surface area contributed by atoms with Gasteiger partial charge in [0, 0.05) is 12.1 Å². The molecule has 0 radical (unpaired) electrons. The summed E-state index contributed by atoms with van der Waals surface area (Å²) in [5.74, 6) is 0.605. The fraction of sp³-hybridized carbons (Fsp3) is 0.308. The molecule has 0 unspecified atom stereocenters. The second kappa shape index (κ2) is 5.79. The highest BCUT2D eigenvalue weighted by Crippen LogP contribution is 2.18. The number of likely N-dealkylation sites (N-methyl/N-ethyl adjacent to an activating group) is 1. The highest BCUT2D eigenvalue weighted by molar-refractivity contribution is 7.71. The topological polar surface area (TPSA) is 62.7 Å². The van der Waals surface area contributed by atoms with Gasteiger partial charge in [0.2, 0.25) is 5.91 Å². The molecule has 2 aromatic rings. The van der Waals surface area contributed by atoms with Crippen LogP contribution in [0.5, 0.6) is 0 Å². The zero-order chi connectivity index (χ0) is 13.8. The molecule has 0 spiro atoms. The molecule has 0 saturated heterocycles. The number of carbonyl (C=O) groups is 1. The highest BCUT2D eigenvalue weighted by atomic mass is 32.1. The first-order valence-electron chi connectivity index (χ1n) is 6.10. The van der Waals surface area contributed by atoms with E-state index >= 15 is 0 Å². The van der Waals surface area contributed by atoms with Crippen molar-refractivity contribution in [1.82, 2.24) is 20.1 Å². The third-order valence-corrected chi connectivity index (χ3v) is 3.02. The maximum atomic E-state index is 11.7. The molecule has 0 atom stereocenters. The van der Waals surface area contributed by atoms with Crippen molar-refractivity contribution in [1.29, 1.82) is 0 Å². The number of nitrogens with zero attached hydrogens (tertiary/aromatic N) is 2. The molecule has 0 saturated carbocycles. The van der Waals surface area contributed by atoms with Gasteiger partial charge in [-0.1, -0.05) is 23.8 Å². The van der Waals surface area contributed by atoms with Crippen molar-refractivity contribution in [3.05, 3.63) is 34.6 Å². The molecule has 2 N–H and O–H groups in total. The predicted octanol–water partition coefficient (Wildman–Crippen LogP) is 2.05. The number of nitrogens with one attached hydrogen (secondary N) is 2. The second-order valence-electron chi connectivity index (χ2n) is 4.26. The fourth-order valence-corrected chi connectivity index (χ4v) is 2.06. The quantitative estimate of drug-likeness (QED) is 0.840. The van der Waals surface area contributed by atoms with Gasteiger partial charge in [-0.3, -0.25) is 14.5 Å². The molecule has 19 heavy (non-hydrogen) atoms. The minimum atomic E-state index is -0.0751. The summed E-state index contributed by atoms with van der Waals surface area (Å²) in [5, 5.41) is 9.70. The molecule has 0 aliphatic heterocycles. The summed E-state index contributed by atoms with van der Waals surface area (Å²) in [6, 6.07) is 7.93. The summed E-state index contributed by atoms with van der Waals surface area (Å²) in [6.45, 7) is 4.67. The third-order valence-electron chi connectivity index (χ3n) is 2.71. The van der Waals surface area contributed by atoms with E-state index < -0.39 is 0 Å². The van der Waals surface area contributed by atoms with E-state index in [1.165, 1.54) is 0 Å². The van der Waals surface area contributed by atoms with Gasteiger partial charge in [-0.25, -0.2) is 0 Å². The maximum Gasteiger partial charge on any atom is 0.240 e. The molecular weight excluding hydrogens is 260 g/mol. The van der Waals surface area contributed by atoms with Gasteiger partial charge in [0.25, 0.3) is 0 Å². The summed E-state index contributed by atoms with van der Waals surface area (Å²) in [6.07, 6.45) is 0. The van der Waals surface area contributed by atoms with Gasteiger partial charge in [0.05, 0.1) is 0 Å². The number of aromatic nitrogens is 3. The lowest BCUT2D eigenvalue weighted by Gasteiger charge is -2.07. The maximum absolute atomic E-state index is 11.7. The third kappa shape index (κ3) is 3.08. The minimum absolute atomic E-state index is 0.0751. The molecule has 0 fully saturated rings. The summed E-state index contributed by atoms with van der Waals surface area (Å²) in [4.78, 5) is 11.7. The van der Waals surface area contributed by atoms with Gasteiger partial charge in [-0.05, 0) is 32.1 Å². The van der Waals surface area contributed by atoms with Gasteiger partial charge < -0.3 is 5.32 Å². The number of hydrogen-bond donors (Lipinski definition) is 2. The molecule has 5 nitrogen and oxygen atoms in total. The van der Waals surface area contributed by atoms with Gasteiger partial charge in [-0.15, -0.1) is 0 Å². The van der Waals surface area contributed by atoms with Crippen molar-refractivity contribution in [2.24, 2.45) is 0 Å². The van der Waals surface area contributed by atoms with Gasteiger partial charge in [-0.2, -0.15) is 5.10 Å². The number of H-pyrrole nitrogens is 1. The first-order chi connectivity index (χ1) is 9.11. The summed E-state index contributed by atoms with van der Waals surface area (Å²) in [5.41, 5.74) is 2.08. The zero-order valence-electron chi connectivity index (χ0n) is 10.9. The van der Waals surface area contributed by atoms with Gasteiger partial charge in [0.15, 0.2) is 10.6 Å². The van der Waals surface area contributed by atoms with E-state index in [0.717, 1.165) is 11.1 Å². The Morgan fingerprint density at radius 2 is 2.32 bits per heavy atom. The van der Waals surface area contributed by atoms with Crippen molar-refractivity contribution < 1.29 is 4.79 Å². The lowest BCUT2D eigenvalue weighted by atomic mass is 10.1. The normalized spacial score (nSPS) is 10.4. The predicted molar refractivity (Wildman–Crippen MR) is 76.3 cm³/mol. The lowest BCUT2D eigenvalue weighted by Crippen LogP contribution is -2.27. The Bertz CT molecular complexity index is 644. The Labute approximate surface area is 116 Å². The standard InChI is InChI=1S/C13H16N4OS/c1-3-14-11(18)8-17-12(15-16-13(17)19)10-6-4-5-9(2)7-10/h4-7H,3,8H2,1-2H3,(H,14,18)(H,16,19). The molecular formula is C13H16N4OS. The molecule has 6 heteroatoms. The summed E-state index contributed by atoms with van der Waals surface area (Å²) >= 11 is 5.17. The number of aromatic amines is 1. The Balaban J connectivity index is 2.37. The molecule has 0 aliphatic rings. The minimum Gasteiger partial charge on any atom is -0.355 e. The van der Waals surface area contributed by atoms with Crippen molar-refractivity contribution in [2.45, 2.75) is 20.4 Å². The van der Waals surface area contributed by atoms with Gasteiger partial charge >= 0.3 is 0 Å². The zero-order valence-corrected chi connectivity index (χ0v) is 11.8. The molecule has 1 aromatic carbocycles. The Hall–Kier alpha value is -1.95. The van der Waals surface area contributed by atoms with Crippen LogP contribution >= 0.6 is 12.2 Å². The van der Waals surface area contributed by atoms with E-state index in [2.05, 4.69) is 15.5 Å². The molecule has 0 aliphatic carbocycles. The van der Waals surface area contributed by atoms with Crippen LogP contribution in [0.1, 0.15) is 12.5 Å². The van der Waals surface area contributed by atoms with E-state index in [9.17, 15) is 4.79 Å². The second-order valence-corrected chi connectivity index (χ2v) is 4.65. The largest absolute Gasteiger partial charge is 0.355 e.